The van der Waals surface area contributed by atoms with Crippen LogP contribution in [0.5, 0.6) is 5.75 Å². The van der Waals surface area contributed by atoms with Crippen LogP contribution in [-0.4, -0.2) is 35.4 Å². The summed E-state index contributed by atoms with van der Waals surface area (Å²) in [6.07, 6.45) is 0. The van der Waals surface area contributed by atoms with Crippen LogP contribution in [0.25, 0.3) is 0 Å². The van der Waals surface area contributed by atoms with E-state index >= 15 is 0 Å². The highest BCUT2D eigenvalue weighted by Crippen LogP contribution is 2.33. The lowest BCUT2D eigenvalue weighted by molar-refractivity contribution is 0.227. The third-order valence-corrected chi connectivity index (χ3v) is 2.76. The van der Waals surface area contributed by atoms with Gasteiger partial charge in [-0.15, -0.1) is 0 Å². The van der Waals surface area contributed by atoms with Gasteiger partial charge < -0.3 is 14.9 Å². The lowest BCUT2D eigenvalue weighted by Gasteiger charge is -2.05. The first-order valence-electron chi connectivity index (χ1n) is 4.61. The quantitative estimate of drug-likeness (QED) is 0.854. The number of nitrogens with zero attached hydrogens (tertiary/aromatic N) is 1. The van der Waals surface area contributed by atoms with Gasteiger partial charge in [0, 0.05) is 5.56 Å². The normalized spacial score (nSPS) is 19.4. The summed E-state index contributed by atoms with van der Waals surface area (Å²) >= 11 is 11.5. The molecule has 16 heavy (non-hydrogen) atoms. The van der Waals surface area contributed by atoms with Crippen LogP contribution >= 0.6 is 23.2 Å². The number of phenolic OH excluding ortho intramolecular Hbond substituents is 1. The fraction of sp³-hybridized carbons (Fsp3) is 0.300. The van der Waals surface area contributed by atoms with Crippen LogP contribution in [0.15, 0.2) is 17.1 Å². The molecule has 0 radical (unpaired) electrons. The van der Waals surface area contributed by atoms with Gasteiger partial charge in [0.1, 0.15) is 12.6 Å². The fourth-order valence-electron chi connectivity index (χ4n) is 1.36. The third-order valence-electron chi connectivity index (χ3n) is 2.19. The van der Waals surface area contributed by atoms with E-state index in [-0.39, 0.29) is 28.4 Å². The summed E-state index contributed by atoms with van der Waals surface area (Å²) in [7, 11) is 0. The standard InChI is InChI=1S/C10H9Cl2NO3/c11-7-1-5(2-8(12)9(7)15)10-13-6(3-14)4-16-10/h1-2,6,14-15H,3-4H2. The molecule has 1 aromatic carbocycles. The van der Waals surface area contributed by atoms with E-state index in [1.165, 1.54) is 12.1 Å². The Bertz CT molecular complexity index is 425. The van der Waals surface area contributed by atoms with Crippen LogP contribution in [0.3, 0.4) is 0 Å². The van der Waals surface area contributed by atoms with E-state index in [4.69, 9.17) is 33.0 Å². The average Bonchev–Trinajstić information content (AvgIpc) is 2.73. The number of halogens is 2. The van der Waals surface area contributed by atoms with Crippen LogP contribution in [0.1, 0.15) is 5.56 Å². The molecule has 4 nitrogen and oxygen atoms in total. The lowest BCUT2D eigenvalue weighted by Crippen LogP contribution is -2.10. The van der Waals surface area contributed by atoms with Crippen LogP contribution in [-0.2, 0) is 4.74 Å². The average molecular weight is 262 g/mol. The second kappa shape index (κ2) is 4.49. The van der Waals surface area contributed by atoms with Crippen molar-refractivity contribution in [2.24, 2.45) is 4.99 Å². The topological polar surface area (TPSA) is 62.0 Å². The number of aliphatic hydroxyl groups excluding tert-OH is 1. The van der Waals surface area contributed by atoms with E-state index in [0.717, 1.165) is 0 Å². The summed E-state index contributed by atoms with van der Waals surface area (Å²) in [6, 6.07) is 2.78. The molecule has 0 aromatic heterocycles. The minimum absolute atomic E-state index is 0.0664. The SMILES string of the molecule is OCC1COC(c2cc(Cl)c(O)c(Cl)c2)=N1. The molecule has 1 aliphatic rings. The number of aliphatic hydroxyl groups is 1. The molecule has 0 spiro atoms. The molecule has 0 bridgehead atoms. The van der Waals surface area contributed by atoms with E-state index in [9.17, 15) is 5.11 Å². The van der Waals surface area contributed by atoms with Gasteiger partial charge in [0.25, 0.3) is 0 Å². The van der Waals surface area contributed by atoms with Crippen molar-refractivity contribution in [1.82, 2.24) is 0 Å². The molecule has 0 saturated carbocycles. The molecule has 6 heteroatoms. The highest BCUT2D eigenvalue weighted by atomic mass is 35.5. The van der Waals surface area contributed by atoms with Crippen molar-refractivity contribution in [3.63, 3.8) is 0 Å². The minimum Gasteiger partial charge on any atom is -0.505 e. The lowest BCUT2D eigenvalue weighted by atomic mass is 10.2. The van der Waals surface area contributed by atoms with E-state index in [1.54, 1.807) is 0 Å². The molecular weight excluding hydrogens is 253 g/mol. The van der Waals surface area contributed by atoms with Crippen molar-refractivity contribution < 1.29 is 14.9 Å². The number of rotatable bonds is 2. The minimum atomic E-state index is -0.249. The first-order chi connectivity index (χ1) is 7.61. The number of ether oxygens (including phenoxy) is 1. The van der Waals surface area contributed by atoms with Gasteiger partial charge in [-0.3, -0.25) is 0 Å². The van der Waals surface area contributed by atoms with E-state index in [1.807, 2.05) is 0 Å². The predicted molar refractivity (Wildman–Crippen MR) is 61.5 cm³/mol. The van der Waals surface area contributed by atoms with E-state index in [2.05, 4.69) is 4.99 Å². The molecule has 2 rings (SSSR count). The highest BCUT2D eigenvalue weighted by Gasteiger charge is 2.20. The largest absolute Gasteiger partial charge is 0.505 e. The maximum absolute atomic E-state index is 9.39. The number of aromatic hydroxyl groups is 1. The monoisotopic (exact) mass is 261 g/mol. The highest BCUT2D eigenvalue weighted by molar-refractivity contribution is 6.37. The van der Waals surface area contributed by atoms with Gasteiger partial charge in [-0.2, -0.15) is 0 Å². The number of phenols is 1. The molecule has 0 amide bonds. The van der Waals surface area contributed by atoms with Gasteiger partial charge in [-0.25, -0.2) is 4.99 Å². The van der Waals surface area contributed by atoms with Crippen molar-refractivity contribution in [2.45, 2.75) is 6.04 Å². The molecule has 1 atom stereocenters. The Labute approximate surface area is 102 Å². The van der Waals surface area contributed by atoms with Gasteiger partial charge >= 0.3 is 0 Å². The summed E-state index contributed by atoms with van der Waals surface area (Å²) in [6.45, 7) is 0.269. The second-order valence-electron chi connectivity index (χ2n) is 3.37. The number of benzene rings is 1. The Kier molecular flexibility index (Phi) is 3.23. The molecule has 1 heterocycles. The first kappa shape index (κ1) is 11.5. The zero-order valence-electron chi connectivity index (χ0n) is 8.15. The number of hydrogen-bond acceptors (Lipinski definition) is 4. The van der Waals surface area contributed by atoms with Gasteiger partial charge in [-0.05, 0) is 12.1 Å². The molecule has 86 valence electrons. The molecule has 1 aliphatic heterocycles. The molecule has 1 aromatic rings. The summed E-state index contributed by atoms with van der Waals surface area (Å²) in [5, 5.41) is 18.6. The second-order valence-corrected chi connectivity index (χ2v) is 4.18. The summed E-state index contributed by atoms with van der Waals surface area (Å²) < 4.78 is 5.28. The van der Waals surface area contributed by atoms with Gasteiger partial charge in [0.05, 0.1) is 16.7 Å². The fourth-order valence-corrected chi connectivity index (χ4v) is 1.84. The van der Waals surface area contributed by atoms with Gasteiger partial charge in [0.2, 0.25) is 5.90 Å². The first-order valence-corrected chi connectivity index (χ1v) is 5.37. The Balaban J connectivity index is 2.35. The Morgan fingerprint density at radius 3 is 2.50 bits per heavy atom. The van der Waals surface area contributed by atoms with Crippen LogP contribution in [0.4, 0.5) is 0 Å². The van der Waals surface area contributed by atoms with Gasteiger partial charge in [0.15, 0.2) is 5.75 Å². The maximum Gasteiger partial charge on any atom is 0.216 e. The molecule has 2 N–H and O–H groups in total. The molecular formula is C10H9Cl2NO3. The third kappa shape index (κ3) is 2.09. The zero-order chi connectivity index (χ0) is 11.7. The molecule has 1 unspecified atom stereocenters. The Morgan fingerprint density at radius 2 is 2.00 bits per heavy atom. The maximum atomic E-state index is 9.39. The molecule has 0 aliphatic carbocycles. The van der Waals surface area contributed by atoms with Gasteiger partial charge in [-0.1, -0.05) is 23.2 Å². The van der Waals surface area contributed by atoms with Crippen LogP contribution < -0.4 is 0 Å². The van der Waals surface area contributed by atoms with Crippen molar-refractivity contribution in [2.75, 3.05) is 13.2 Å². The van der Waals surface area contributed by atoms with E-state index < -0.39 is 0 Å². The summed E-state index contributed by atoms with van der Waals surface area (Å²) in [5.41, 5.74) is 0.587. The van der Waals surface area contributed by atoms with Crippen molar-refractivity contribution in [3.05, 3.63) is 27.7 Å². The van der Waals surface area contributed by atoms with E-state index in [0.29, 0.717) is 18.1 Å². The molecule has 0 saturated heterocycles. The zero-order valence-corrected chi connectivity index (χ0v) is 9.66. The number of aliphatic imine (C=N–C) groups is 1. The Morgan fingerprint density at radius 1 is 1.38 bits per heavy atom. The Hall–Kier alpha value is -0.970. The van der Waals surface area contributed by atoms with Crippen molar-refractivity contribution in [3.8, 4) is 5.75 Å². The summed E-state index contributed by atoms with van der Waals surface area (Å²) in [4.78, 5) is 4.13. The smallest absolute Gasteiger partial charge is 0.216 e. The van der Waals surface area contributed by atoms with Crippen LogP contribution in [0, 0.1) is 0 Å². The van der Waals surface area contributed by atoms with Crippen molar-refractivity contribution in [1.29, 1.82) is 0 Å². The predicted octanol–water partition coefficient (Wildman–Crippen LogP) is 1.84. The number of hydrogen-bond donors (Lipinski definition) is 2. The van der Waals surface area contributed by atoms with Crippen LogP contribution in [0.2, 0.25) is 10.0 Å². The van der Waals surface area contributed by atoms with Crippen molar-refractivity contribution >= 4 is 29.1 Å². The molecule has 0 fully saturated rings. The summed E-state index contributed by atoms with van der Waals surface area (Å²) in [5.74, 6) is 0.215.